The van der Waals surface area contributed by atoms with Gasteiger partial charge in [0, 0.05) is 12.1 Å². The van der Waals surface area contributed by atoms with Gasteiger partial charge in [-0.25, -0.2) is 4.79 Å². The van der Waals surface area contributed by atoms with Gasteiger partial charge in [0.15, 0.2) is 5.82 Å². The van der Waals surface area contributed by atoms with Crippen LogP contribution in [0.1, 0.15) is 45.4 Å². The Kier molecular flexibility index (Phi) is 7.17. The van der Waals surface area contributed by atoms with E-state index in [1.54, 1.807) is 0 Å². The molecule has 0 bridgehead atoms. The summed E-state index contributed by atoms with van der Waals surface area (Å²) in [6.45, 7) is 2.89. The Morgan fingerprint density at radius 2 is 1.83 bits per heavy atom. The molecule has 1 heterocycles. The molecule has 0 aliphatic carbocycles. The Morgan fingerprint density at radius 3 is 2.61 bits per heavy atom. The zero-order valence-electron chi connectivity index (χ0n) is 13.7. The molecule has 0 fully saturated rings. The molecule has 0 radical (unpaired) electrons. The molecule has 2 amide bonds. The molecular formula is C18H25N3O2. The Hall–Kier alpha value is -2.30. The average molecular weight is 315 g/mol. The number of nitrogens with zero attached hydrogens (tertiary/aromatic N) is 1. The van der Waals surface area contributed by atoms with E-state index in [1.165, 1.54) is 31.9 Å². The maximum atomic E-state index is 11.8. The molecule has 2 aromatic rings. The summed E-state index contributed by atoms with van der Waals surface area (Å²) in [5, 5.41) is 5.53. The van der Waals surface area contributed by atoms with Gasteiger partial charge < -0.3 is 9.73 Å². The third-order valence-electron chi connectivity index (χ3n) is 3.58. The summed E-state index contributed by atoms with van der Waals surface area (Å²) < 4.78 is 5.38. The van der Waals surface area contributed by atoms with E-state index < -0.39 is 0 Å². The van der Waals surface area contributed by atoms with Gasteiger partial charge in [-0.15, -0.1) is 0 Å². The van der Waals surface area contributed by atoms with Crippen LogP contribution >= 0.6 is 0 Å². The maximum absolute atomic E-state index is 11.8. The van der Waals surface area contributed by atoms with Crippen molar-refractivity contribution in [3.05, 3.63) is 36.6 Å². The van der Waals surface area contributed by atoms with Gasteiger partial charge in [-0.05, 0) is 18.6 Å². The molecule has 124 valence electrons. The third-order valence-corrected chi connectivity index (χ3v) is 3.58. The number of unbranched alkanes of at least 4 members (excludes halogenated alkanes) is 5. The van der Waals surface area contributed by atoms with Gasteiger partial charge >= 0.3 is 6.03 Å². The van der Waals surface area contributed by atoms with Crippen molar-refractivity contribution in [1.29, 1.82) is 0 Å². The van der Waals surface area contributed by atoms with E-state index in [2.05, 4.69) is 22.5 Å². The van der Waals surface area contributed by atoms with Crippen molar-refractivity contribution in [1.82, 2.24) is 10.3 Å². The van der Waals surface area contributed by atoms with Crippen LogP contribution in [0.5, 0.6) is 0 Å². The minimum atomic E-state index is -0.244. The van der Waals surface area contributed by atoms with Crippen LogP contribution in [0, 0.1) is 0 Å². The van der Waals surface area contributed by atoms with Crippen LogP contribution in [-0.2, 0) is 0 Å². The summed E-state index contributed by atoms with van der Waals surface area (Å²) in [4.78, 5) is 16.0. The Balaban J connectivity index is 1.67. The van der Waals surface area contributed by atoms with E-state index in [9.17, 15) is 4.79 Å². The van der Waals surface area contributed by atoms with Crippen LogP contribution < -0.4 is 10.6 Å². The highest BCUT2D eigenvalue weighted by atomic mass is 16.3. The van der Waals surface area contributed by atoms with Crippen molar-refractivity contribution in [3.8, 4) is 11.5 Å². The Morgan fingerprint density at radius 1 is 1.09 bits per heavy atom. The molecule has 1 aromatic carbocycles. The van der Waals surface area contributed by atoms with Crippen molar-refractivity contribution in [3.63, 3.8) is 0 Å². The summed E-state index contributed by atoms with van der Waals surface area (Å²) in [5.74, 6) is 0.918. The molecular weight excluding hydrogens is 290 g/mol. The predicted octanol–water partition coefficient (Wildman–Crippen LogP) is 4.82. The molecule has 0 atom stereocenters. The molecule has 2 rings (SSSR count). The van der Waals surface area contributed by atoms with E-state index in [0.29, 0.717) is 18.3 Å². The third kappa shape index (κ3) is 6.14. The smallest absolute Gasteiger partial charge is 0.320 e. The molecule has 0 aliphatic heterocycles. The van der Waals surface area contributed by atoms with Gasteiger partial charge in [0.2, 0.25) is 5.89 Å². The monoisotopic (exact) mass is 315 g/mol. The van der Waals surface area contributed by atoms with Crippen molar-refractivity contribution < 1.29 is 9.21 Å². The number of anilines is 1. The molecule has 2 N–H and O–H groups in total. The van der Waals surface area contributed by atoms with Gasteiger partial charge in [0.05, 0.1) is 0 Å². The van der Waals surface area contributed by atoms with Crippen LogP contribution in [0.25, 0.3) is 11.5 Å². The van der Waals surface area contributed by atoms with Gasteiger partial charge in [0.25, 0.3) is 0 Å². The van der Waals surface area contributed by atoms with Crippen LogP contribution in [0.3, 0.4) is 0 Å². The van der Waals surface area contributed by atoms with Crippen LogP contribution in [-0.4, -0.2) is 17.6 Å². The molecule has 0 unspecified atom stereocenters. The van der Waals surface area contributed by atoms with E-state index in [-0.39, 0.29) is 6.03 Å². The molecule has 5 heteroatoms. The first-order valence-electron chi connectivity index (χ1n) is 8.35. The maximum Gasteiger partial charge on any atom is 0.320 e. The number of hydrogen-bond acceptors (Lipinski definition) is 3. The zero-order valence-corrected chi connectivity index (χ0v) is 13.7. The van der Waals surface area contributed by atoms with Crippen LogP contribution in [0.15, 0.2) is 41.0 Å². The molecule has 0 aliphatic rings. The number of benzene rings is 1. The molecule has 23 heavy (non-hydrogen) atoms. The van der Waals surface area contributed by atoms with Crippen molar-refractivity contribution >= 4 is 11.8 Å². The van der Waals surface area contributed by atoms with Gasteiger partial charge in [0.1, 0.15) is 6.26 Å². The number of amides is 2. The topological polar surface area (TPSA) is 67.2 Å². The SMILES string of the molecule is CCCCCCCCNC(=O)Nc1coc(-c2ccccc2)n1. The number of aromatic nitrogens is 1. The fourth-order valence-electron chi connectivity index (χ4n) is 2.31. The number of carbonyl (C=O) groups is 1. The Bertz CT molecular complexity index is 581. The zero-order chi connectivity index (χ0) is 16.3. The lowest BCUT2D eigenvalue weighted by molar-refractivity contribution is 0.252. The second kappa shape index (κ2) is 9.66. The average Bonchev–Trinajstić information content (AvgIpc) is 3.03. The van der Waals surface area contributed by atoms with Crippen molar-refractivity contribution in [2.24, 2.45) is 0 Å². The largest absolute Gasteiger partial charge is 0.442 e. The highest BCUT2D eigenvalue weighted by Crippen LogP contribution is 2.19. The number of nitrogens with one attached hydrogen (secondary N) is 2. The molecule has 5 nitrogen and oxygen atoms in total. The highest BCUT2D eigenvalue weighted by molar-refractivity contribution is 5.88. The normalized spacial score (nSPS) is 10.5. The first-order chi connectivity index (χ1) is 11.3. The lowest BCUT2D eigenvalue weighted by Gasteiger charge is -2.05. The number of rotatable bonds is 9. The van der Waals surface area contributed by atoms with Gasteiger partial charge in [-0.1, -0.05) is 57.2 Å². The minimum Gasteiger partial charge on any atom is -0.442 e. The second-order valence-electron chi connectivity index (χ2n) is 5.55. The summed E-state index contributed by atoms with van der Waals surface area (Å²) in [5.41, 5.74) is 0.882. The summed E-state index contributed by atoms with van der Waals surface area (Å²) in [6, 6.07) is 9.34. The summed E-state index contributed by atoms with van der Waals surface area (Å²) in [6.07, 6.45) is 8.68. The number of hydrogen-bond donors (Lipinski definition) is 2. The van der Waals surface area contributed by atoms with Gasteiger partial charge in [-0.2, -0.15) is 4.98 Å². The van der Waals surface area contributed by atoms with Gasteiger partial charge in [-0.3, -0.25) is 5.32 Å². The molecule has 0 saturated carbocycles. The summed E-state index contributed by atoms with van der Waals surface area (Å²) >= 11 is 0. The number of oxazole rings is 1. The Labute approximate surface area is 137 Å². The fraction of sp³-hybridized carbons (Fsp3) is 0.444. The first kappa shape index (κ1) is 17.1. The van der Waals surface area contributed by atoms with Crippen molar-refractivity contribution in [2.45, 2.75) is 45.4 Å². The number of carbonyl (C=O) groups excluding carboxylic acids is 1. The first-order valence-corrected chi connectivity index (χ1v) is 8.35. The highest BCUT2D eigenvalue weighted by Gasteiger charge is 2.08. The number of urea groups is 1. The van der Waals surface area contributed by atoms with E-state index in [1.807, 2.05) is 30.3 Å². The quantitative estimate of drug-likeness (QED) is 0.652. The molecule has 0 saturated heterocycles. The summed E-state index contributed by atoms with van der Waals surface area (Å²) in [7, 11) is 0. The standard InChI is InChI=1S/C18H25N3O2/c1-2-3-4-5-6-10-13-19-18(22)21-16-14-23-17(20-16)15-11-8-7-9-12-15/h7-9,11-12,14H,2-6,10,13H2,1H3,(H2,19,21,22). The van der Waals surface area contributed by atoms with E-state index in [4.69, 9.17) is 4.42 Å². The lowest BCUT2D eigenvalue weighted by atomic mass is 10.1. The van der Waals surface area contributed by atoms with E-state index >= 15 is 0 Å². The van der Waals surface area contributed by atoms with Crippen molar-refractivity contribution in [2.75, 3.05) is 11.9 Å². The van der Waals surface area contributed by atoms with E-state index in [0.717, 1.165) is 18.4 Å². The lowest BCUT2D eigenvalue weighted by Crippen LogP contribution is -2.29. The van der Waals surface area contributed by atoms with Crippen LogP contribution in [0.4, 0.5) is 10.6 Å². The van der Waals surface area contributed by atoms with Crippen LogP contribution in [0.2, 0.25) is 0 Å². The second-order valence-corrected chi connectivity index (χ2v) is 5.55. The fourth-order valence-corrected chi connectivity index (χ4v) is 2.31. The predicted molar refractivity (Wildman–Crippen MR) is 92.3 cm³/mol. The molecule has 1 aromatic heterocycles. The minimum absolute atomic E-state index is 0.244. The molecule has 0 spiro atoms.